The molecule has 88 valence electrons. The topological polar surface area (TPSA) is 101 Å². The van der Waals surface area contributed by atoms with Crippen molar-refractivity contribution in [2.75, 3.05) is 12.3 Å². The number of urea groups is 1. The van der Waals surface area contributed by atoms with Crippen molar-refractivity contribution in [3.05, 3.63) is 0 Å². The maximum Gasteiger partial charge on any atom is 0.331 e. The molecule has 0 aromatic rings. The zero-order valence-electron chi connectivity index (χ0n) is 8.30. The first-order valence-corrected chi connectivity index (χ1v) is 6.52. The van der Waals surface area contributed by atoms with Crippen LogP contribution in [0.25, 0.3) is 0 Å². The van der Waals surface area contributed by atoms with Crippen molar-refractivity contribution in [1.29, 1.82) is 0 Å². The first-order valence-electron chi connectivity index (χ1n) is 4.80. The van der Waals surface area contributed by atoms with E-state index in [9.17, 15) is 22.8 Å². The zero-order valence-corrected chi connectivity index (χ0v) is 9.12. The van der Waals surface area contributed by atoms with Crippen LogP contribution in [0.4, 0.5) is 4.79 Å². The summed E-state index contributed by atoms with van der Waals surface area (Å²) in [6, 6.07) is -0.836. The van der Waals surface area contributed by atoms with Gasteiger partial charge in [0.05, 0.1) is 11.0 Å². The molecule has 0 radical (unpaired) electrons. The molecule has 8 heteroatoms. The Hall–Kier alpha value is -1.44. The molecular formula is C8H10N2O5S. The van der Waals surface area contributed by atoms with Gasteiger partial charge in [0, 0.05) is 6.54 Å². The van der Waals surface area contributed by atoms with Crippen molar-refractivity contribution < 1.29 is 22.8 Å². The lowest BCUT2D eigenvalue weighted by Crippen LogP contribution is -2.39. The van der Waals surface area contributed by atoms with Crippen molar-refractivity contribution in [2.45, 2.75) is 18.1 Å². The first kappa shape index (κ1) is 11.1. The molecule has 7 nitrogen and oxygen atoms in total. The lowest BCUT2D eigenvalue weighted by molar-refractivity contribution is -0.140. The van der Waals surface area contributed by atoms with E-state index >= 15 is 0 Å². The van der Waals surface area contributed by atoms with Crippen LogP contribution in [-0.2, 0) is 19.4 Å². The number of sulfone groups is 1. The maximum absolute atomic E-state index is 11.5. The van der Waals surface area contributed by atoms with Crippen LogP contribution in [0.5, 0.6) is 0 Å². The minimum absolute atomic E-state index is 0.0786. The molecule has 1 atom stereocenters. The summed E-state index contributed by atoms with van der Waals surface area (Å²) in [6.07, 6.45) is 0.957. The van der Waals surface area contributed by atoms with Gasteiger partial charge in [-0.1, -0.05) is 0 Å². The lowest BCUT2D eigenvalue weighted by atomic mass is 10.2. The number of amides is 4. The quantitative estimate of drug-likeness (QED) is 0.479. The number of nitrogens with one attached hydrogen (secondary N) is 1. The summed E-state index contributed by atoms with van der Waals surface area (Å²) in [5.74, 6) is -1.90. The van der Waals surface area contributed by atoms with Crippen LogP contribution in [0.2, 0.25) is 0 Å². The SMILES string of the molecule is O=C1NC(=O)N(CC2CCCS2(=O)=O)C1=O. The van der Waals surface area contributed by atoms with Crippen LogP contribution in [0, 0.1) is 0 Å². The molecule has 0 aliphatic carbocycles. The van der Waals surface area contributed by atoms with E-state index in [0.29, 0.717) is 17.7 Å². The average molecular weight is 246 g/mol. The molecule has 2 aliphatic rings. The van der Waals surface area contributed by atoms with Crippen LogP contribution in [0.15, 0.2) is 0 Å². The van der Waals surface area contributed by atoms with Gasteiger partial charge in [0.15, 0.2) is 9.84 Å². The highest BCUT2D eigenvalue weighted by Crippen LogP contribution is 2.21. The third-order valence-corrected chi connectivity index (χ3v) is 5.01. The average Bonchev–Trinajstić information content (AvgIpc) is 2.62. The van der Waals surface area contributed by atoms with Crippen LogP contribution >= 0.6 is 0 Å². The van der Waals surface area contributed by atoms with Crippen LogP contribution in [-0.4, -0.2) is 48.7 Å². The molecule has 0 saturated carbocycles. The molecule has 2 rings (SSSR count). The maximum atomic E-state index is 11.5. The Morgan fingerprint density at radius 2 is 2.00 bits per heavy atom. The molecular weight excluding hydrogens is 236 g/mol. The Balaban J connectivity index is 2.14. The van der Waals surface area contributed by atoms with Crippen molar-refractivity contribution in [2.24, 2.45) is 0 Å². The monoisotopic (exact) mass is 246 g/mol. The van der Waals surface area contributed by atoms with Gasteiger partial charge in [-0.05, 0) is 12.8 Å². The highest BCUT2D eigenvalue weighted by molar-refractivity contribution is 7.92. The fourth-order valence-electron chi connectivity index (χ4n) is 1.87. The summed E-state index contributed by atoms with van der Waals surface area (Å²) < 4.78 is 23.0. The predicted molar refractivity (Wildman–Crippen MR) is 52.1 cm³/mol. The van der Waals surface area contributed by atoms with Gasteiger partial charge in [-0.3, -0.25) is 19.8 Å². The minimum Gasteiger partial charge on any atom is -0.269 e. The minimum atomic E-state index is -3.22. The van der Waals surface area contributed by atoms with Gasteiger partial charge in [-0.2, -0.15) is 0 Å². The molecule has 1 unspecified atom stereocenters. The summed E-state index contributed by atoms with van der Waals surface area (Å²) in [4.78, 5) is 33.9. The Kier molecular flexibility index (Phi) is 2.45. The van der Waals surface area contributed by atoms with E-state index in [4.69, 9.17) is 0 Å². The van der Waals surface area contributed by atoms with Gasteiger partial charge < -0.3 is 0 Å². The van der Waals surface area contributed by atoms with Gasteiger partial charge in [0.2, 0.25) is 0 Å². The molecule has 0 aromatic heterocycles. The van der Waals surface area contributed by atoms with E-state index in [2.05, 4.69) is 0 Å². The molecule has 0 bridgehead atoms. The van der Waals surface area contributed by atoms with E-state index in [1.165, 1.54) is 0 Å². The van der Waals surface area contributed by atoms with Gasteiger partial charge in [0.1, 0.15) is 0 Å². The van der Waals surface area contributed by atoms with Crippen LogP contribution in [0.3, 0.4) is 0 Å². The van der Waals surface area contributed by atoms with Gasteiger partial charge in [0.25, 0.3) is 0 Å². The standard InChI is InChI=1S/C8H10N2O5S/c11-6-7(12)10(8(13)9-6)4-5-2-1-3-16(5,14)15/h5H,1-4H2,(H,9,11,13). The fourth-order valence-corrected chi connectivity index (χ4v) is 3.67. The fraction of sp³-hybridized carbons (Fsp3) is 0.625. The molecule has 2 aliphatic heterocycles. The molecule has 4 amide bonds. The van der Waals surface area contributed by atoms with Crippen molar-refractivity contribution in [1.82, 2.24) is 10.2 Å². The predicted octanol–water partition coefficient (Wildman–Crippen LogP) is -1.36. The second kappa shape index (κ2) is 3.55. The molecule has 0 spiro atoms. The third kappa shape index (κ3) is 1.69. The number of nitrogens with zero attached hydrogens (tertiary/aromatic N) is 1. The Morgan fingerprint density at radius 3 is 2.44 bits per heavy atom. The third-order valence-electron chi connectivity index (χ3n) is 2.75. The van der Waals surface area contributed by atoms with E-state index in [1.54, 1.807) is 0 Å². The zero-order chi connectivity index (χ0) is 11.9. The number of hydrogen-bond acceptors (Lipinski definition) is 5. The number of hydrogen-bond donors (Lipinski definition) is 1. The number of carbonyl (C=O) groups is 3. The molecule has 1 N–H and O–H groups in total. The van der Waals surface area contributed by atoms with Crippen molar-refractivity contribution >= 4 is 27.7 Å². The highest BCUT2D eigenvalue weighted by Gasteiger charge is 2.41. The van der Waals surface area contributed by atoms with Crippen LogP contribution in [0.1, 0.15) is 12.8 Å². The molecule has 16 heavy (non-hydrogen) atoms. The summed E-state index contributed by atoms with van der Waals surface area (Å²) in [7, 11) is -3.22. The molecule has 0 aromatic carbocycles. The van der Waals surface area contributed by atoms with Gasteiger partial charge >= 0.3 is 17.8 Å². The first-order chi connectivity index (χ1) is 7.42. The number of imide groups is 2. The van der Waals surface area contributed by atoms with E-state index in [1.807, 2.05) is 5.32 Å². The number of carbonyl (C=O) groups excluding carboxylic acids is 3. The second-order valence-electron chi connectivity index (χ2n) is 3.81. The van der Waals surface area contributed by atoms with E-state index in [-0.39, 0.29) is 12.3 Å². The van der Waals surface area contributed by atoms with Gasteiger partial charge in [-0.25, -0.2) is 13.2 Å². The van der Waals surface area contributed by atoms with Crippen molar-refractivity contribution in [3.63, 3.8) is 0 Å². The van der Waals surface area contributed by atoms with E-state index < -0.39 is 32.9 Å². The lowest BCUT2D eigenvalue weighted by Gasteiger charge is -2.15. The summed E-state index contributed by atoms with van der Waals surface area (Å²) in [5, 5.41) is 1.09. The Morgan fingerprint density at radius 1 is 1.31 bits per heavy atom. The number of rotatable bonds is 2. The summed E-state index contributed by atoms with van der Waals surface area (Å²) in [5.41, 5.74) is 0. The van der Waals surface area contributed by atoms with Gasteiger partial charge in [-0.15, -0.1) is 0 Å². The summed E-state index contributed by atoms with van der Waals surface area (Å²) >= 11 is 0. The molecule has 2 heterocycles. The molecule has 2 fully saturated rings. The molecule has 2 saturated heterocycles. The Bertz CT molecular complexity index is 469. The van der Waals surface area contributed by atoms with Crippen LogP contribution < -0.4 is 5.32 Å². The van der Waals surface area contributed by atoms with Crippen molar-refractivity contribution in [3.8, 4) is 0 Å². The Labute approximate surface area is 91.7 Å². The summed E-state index contributed by atoms with van der Waals surface area (Å²) in [6.45, 7) is -0.223. The largest absolute Gasteiger partial charge is 0.331 e. The van der Waals surface area contributed by atoms with E-state index in [0.717, 1.165) is 0 Å². The normalized spacial score (nSPS) is 28.6. The second-order valence-corrected chi connectivity index (χ2v) is 6.21. The highest BCUT2D eigenvalue weighted by atomic mass is 32.2. The smallest absolute Gasteiger partial charge is 0.269 e.